The molecule has 1 unspecified atom stereocenters. The number of carbonyl (C=O) groups is 1. The zero-order chi connectivity index (χ0) is 35.1. The van der Waals surface area contributed by atoms with Crippen molar-refractivity contribution in [3.05, 3.63) is 66.2 Å². The molecule has 0 radical (unpaired) electrons. The van der Waals surface area contributed by atoms with Crippen LogP contribution in [0.3, 0.4) is 0 Å². The van der Waals surface area contributed by atoms with E-state index in [0.717, 1.165) is 47.5 Å². The van der Waals surface area contributed by atoms with Crippen LogP contribution < -0.4 is 52.1 Å². The minimum atomic E-state index is -3.00. The Morgan fingerprint density at radius 1 is 0.976 bits per heavy atom. The SMILES string of the molecule is CCO.CC[C@H]1O[C@@H](n2ccc(=O)[nH]c2=O)[C@](C)(F)C1=O.[2H]C1(O)[C@@H](CC)O[C@@H](n2ccc(=O)[nH]c2=O)[C@]1(C)F.[2H][B-]([2H])([2H])[2H].[Na+]. The summed E-state index contributed by atoms with van der Waals surface area (Å²) in [6.45, 7) is 7.33. The van der Waals surface area contributed by atoms with Gasteiger partial charge in [0.1, 0.15) is 12.2 Å². The average molecular weight is 603 g/mol. The maximum absolute atomic E-state index is 14.6. The van der Waals surface area contributed by atoms with Crippen molar-refractivity contribution >= 4 is 14.0 Å². The number of hydrogen-bond acceptors (Lipinski definition) is 9. The van der Waals surface area contributed by atoms with Gasteiger partial charge in [-0.2, -0.15) is 0 Å². The molecule has 41 heavy (non-hydrogen) atoms. The maximum Gasteiger partial charge on any atom is 1.00 e. The van der Waals surface area contributed by atoms with Gasteiger partial charge in [0, 0.05) is 31.1 Å². The number of aliphatic hydroxyl groups excluding tert-OH is 1. The summed E-state index contributed by atoms with van der Waals surface area (Å²) in [6, 6.07) is 2.12. The number of aliphatic hydroxyl groups is 2. The fourth-order valence-electron chi connectivity index (χ4n) is 4.02. The second kappa shape index (κ2) is 15.9. The van der Waals surface area contributed by atoms with Gasteiger partial charge in [-0.25, -0.2) is 23.7 Å². The summed E-state index contributed by atoms with van der Waals surface area (Å²) in [4.78, 5) is 60.8. The molecule has 0 saturated carbocycles. The topological polar surface area (TPSA) is 186 Å². The van der Waals surface area contributed by atoms with Crippen LogP contribution in [0.1, 0.15) is 61.3 Å². The quantitative estimate of drug-likeness (QED) is 0.251. The number of alkyl halides is 2. The third-order valence-corrected chi connectivity index (χ3v) is 6.04. The zero-order valence-corrected chi connectivity index (χ0v) is 25.7. The van der Waals surface area contributed by atoms with Crippen LogP contribution in [-0.4, -0.2) is 84.9 Å². The van der Waals surface area contributed by atoms with E-state index < -0.39 is 78.6 Å². The Kier molecular flexibility index (Phi) is 11.7. The third-order valence-electron chi connectivity index (χ3n) is 6.04. The number of ketones is 1. The number of ether oxygens (including phenoxy) is 2. The number of halogens is 2. The van der Waals surface area contributed by atoms with Gasteiger partial charge >= 0.3 is 40.9 Å². The minimum absolute atomic E-state index is 0. The fraction of sp³-hybridized carbons (Fsp3) is 0.625. The van der Waals surface area contributed by atoms with E-state index in [2.05, 4.69) is 0 Å². The Hall–Kier alpha value is -2.21. The summed E-state index contributed by atoms with van der Waals surface area (Å²) in [6.07, 6.45) is -4.48. The number of H-pyrrole nitrogens is 2. The molecule has 0 spiro atoms. The van der Waals surface area contributed by atoms with Gasteiger partial charge in [0.15, 0.2) is 18.1 Å². The van der Waals surface area contributed by atoms with Gasteiger partial charge in [-0.3, -0.25) is 33.5 Å². The summed E-state index contributed by atoms with van der Waals surface area (Å²) in [5, 5.41) is 17.5. The van der Waals surface area contributed by atoms with Crippen molar-refractivity contribution in [1.82, 2.24) is 19.1 Å². The molecule has 226 valence electrons. The van der Waals surface area contributed by atoms with Crippen molar-refractivity contribution < 1.29 is 64.2 Å². The van der Waals surface area contributed by atoms with Crippen molar-refractivity contribution in [3.8, 4) is 0 Å². The molecule has 0 aromatic carbocycles. The van der Waals surface area contributed by atoms with Crippen molar-refractivity contribution in [3.63, 3.8) is 0 Å². The number of rotatable bonds is 4. The van der Waals surface area contributed by atoms with Crippen LogP contribution >= 0.6 is 0 Å². The maximum atomic E-state index is 14.6. The molecule has 13 nitrogen and oxygen atoms in total. The Labute approximate surface area is 264 Å². The second-order valence-corrected chi connectivity index (χ2v) is 9.02. The van der Waals surface area contributed by atoms with Crippen molar-refractivity contribution in [2.45, 2.75) is 89.5 Å². The van der Waals surface area contributed by atoms with Crippen molar-refractivity contribution in [1.29, 1.82) is 5.34 Å². The monoisotopic (exact) mass is 603 g/mol. The van der Waals surface area contributed by atoms with Crippen molar-refractivity contribution in [2.24, 2.45) is 0 Å². The first-order valence-electron chi connectivity index (χ1n) is 15.0. The van der Waals surface area contributed by atoms with Gasteiger partial charge in [0.05, 0.1) is 7.47 Å². The van der Waals surface area contributed by atoms with E-state index >= 15 is 0 Å². The van der Waals surface area contributed by atoms with E-state index in [1.54, 1.807) is 20.8 Å². The van der Waals surface area contributed by atoms with Gasteiger partial charge in [0.25, 0.3) is 11.1 Å². The van der Waals surface area contributed by atoms with E-state index in [9.17, 15) is 37.9 Å². The smallest absolute Gasteiger partial charge is 0.397 e. The number of nitrogens with one attached hydrogen (secondary N) is 2. The molecule has 0 bridgehead atoms. The van der Waals surface area contributed by atoms with Crippen LogP contribution in [0.25, 0.3) is 0 Å². The number of hydrogen-bond donors (Lipinski definition) is 4. The molecule has 4 rings (SSSR count). The Balaban J connectivity index is 0.000000704. The zero-order valence-electron chi connectivity index (χ0n) is 28.7. The molecule has 2 aliphatic rings. The van der Waals surface area contributed by atoms with Gasteiger partial charge in [-0.15, -0.1) is 0 Å². The van der Waals surface area contributed by atoms with Crippen LogP contribution in [-0.2, 0) is 14.3 Å². The van der Waals surface area contributed by atoms with Crippen LogP contribution in [0.2, 0.25) is 0 Å². The van der Waals surface area contributed by atoms with Crippen LogP contribution in [0.5, 0.6) is 0 Å². The molecule has 17 heteroatoms. The minimum Gasteiger partial charge on any atom is -0.397 e. The van der Waals surface area contributed by atoms with Crippen LogP contribution in [0.4, 0.5) is 8.78 Å². The molecule has 2 saturated heterocycles. The van der Waals surface area contributed by atoms with Gasteiger partial charge in [-0.1, -0.05) is 22.1 Å². The molecule has 2 fully saturated rings. The fourth-order valence-corrected chi connectivity index (χ4v) is 4.02. The normalized spacial score (nSPS) is 33.9. The van der Waals surface area contributed by atoms with Crippen LogP contribution in [0, 0.1) is 0 Å². The Morgan fingerprint density at radius 3 is 1.76 bits per heavy atom. The Bertz CT molecular complexity index is 1530. The average Bonchev–Trinajstić information content (AvgIpc) is 3.23. The van der Waals surface area contributed by atoms with Gasteiger partial charge in [0.2, 0.25) is 11.5 Å². The summed E-state index contributed by atoms with van der Waals surface area (Å²) in [5.41, 5.74) is -7.64. The summed E-state index contributed by atoms with van der Waals surface area (Å²) < 4.78 is 72.9. The molecular weight excluding hydrogens is 560 g/mol. The summed E-state index contributed by atoms with van der Waals surface area (Å²) in [5.74, 6) is -0.687. The second-order valence-electron chi connectivity index (χ2n) is 9.02. The molecular formula is C24H38BF2N4NaO9. The molecule has 7 atom stereocenters. The van der Waals surface area contributed by atoms with Gasteiger partial charge in [-0.05, 0) is 33.6 Å². The van der Waals surface area contributed by atoms with E-state index in [1.807, 2.05) is 9.97 Å². The van der Waals surface area contributed by atoms with E-state index in [-0.39, 0.29) is 42.6 Å². The van der Waals surface area contributed by atoms with Gasteiger partial charge < -0.3 is 19.7 Å². The summed E-state index contributed by atoms with van der Waals surface area (Å²) in [7, 11) is -3.00. The molecule has 4 N–H and O–H groups in total. The third kappa shape index (κ3) is 8.43. The summed E-state index contributed by atoms with van der Waals surface area (Å²) >= 11 is 0. The first-order valence-corrected chi connectivity index (χ1v) is 12.2. The standard InChI is InChI=1S/C11H15FN2O4.C11H13FN2O4.C2H6O.BH4.Na/c2*1-3-6-8(16)11(2,12)9(18-6)14-5-4-7(15)13-10(14)17;1-2-3;;/h4-6,8-9,16H,3H2,1-2H3,(H,13,15,17);4-6,9H,3H2,1-2H3,(H,13,15,17);3H,2H2,1H3;1H4;/q;;;-1;+1/t6-,8?,9-,11-;6-,9-,11-;;;/m11.../s1/i8D;;;1D4;. The van der Waals surface area contributed by atoms with E-state index in [0.29, 0.717) is 6.42 Å². The largest absolute Gasteiger partial charge is 1.00 e. The number of Topliss-reactive ketones (excluding diaryl/α,β-unsaturated/α-hetero) is 1. The molecule has 2 aliphatic heterocycles. The van der Waals surface area contributed by atoms with Crippen molar-refractivity contribution in [2.75, 3.05) is 6.61 Å². The first-order chi connectivity index (χ1) is 20.5. The van der Waals surface area contributed by atoms with E-state index in [4.69, 9.17) is 21.3 Å². The van der Waals surface area contributed by atoms with Crippen LogP contribution in [0.15, 0.2) is 43.7 Å². The Morgan fingerprint density at radius 2 is 1.41 bits per heavy atom. The molecule has 2 aromatic heterocycles. The number of nitrogens with zero attached hydrogens (tertiary/aromatic N) is 2. The molecule has 4 heterocycles. The van der Waals surface area contributed by atoms with E-state index in [1.165, 1.54) is 0 Å². The number of aromatic nitrogens is 4. The molecule has 0 amide bonds. The first kappa shape index (κ1) is 30.3. The predicted octanol–water partition coefficient (Wildman–Crippen LogP) is -4.37. The molecule has 0 aliphatic carbocycles. The molecule has 2 aromatic rings. The number of aromatic amines is 2. The number of carbonyl (C=O) groups excluding carboxylic acids is 1. The predicted molar refractivity (Wildman–Crippen MR) is 145 cm³/mol.